The molecule has 2 N–H and O–H groups in total. The Bertz CT molecular complexity index is 547. The molecule has 0 saturated heterocycles. The van der Waals surface area contributed by atoms with Crippen LogP contribution in [0.4, 0.5) is 0 Å². The van der Waals surface area contributed by atoms with Gasteiger partial charge in [-0.2, -0.15) is 5.10 Å². The Balaban J connectivity index is 2.60. The minimum atomic E-state index is -3.20. The van der Waals surface area contributed by atoms with E-state index in [9.17, 15) is 8.42 Å². The van der Waals surface area contributed by atoms with Gasteiger partial charge >= 0.3 is 0 Å². The summed E-state index contributed by atoms with van der Waals surface area (Å²) in [4.78, 5) is 0. The van der Waals surface area contributed by atoms with Gasteiger partial charge in [0.1, 0.15) is 0 Å². The molecule has 0 aromatic carbocycles. The highest BCUT2D eigenvalue weighted by Crippen LogP contribution is 2.17. The number of sulfonamides is 1. The summed E-state index contributed by atoms with van der Waals surface area (Å²) in [5.74, 6) is 0.371. The van der Waals surface area contributed by atoms with E-state index in [1.165, 1.54) is 6.26 Å². The predicted molar refractivity (Wildman–Crippen MR) is 81.1 cm³/mol. The lowest BCUT2D eigenvalue weighted by Gasteiger charge is -2.25. The second-order valence-electron chi connectivity index (χ2n) is 6.23. The Labute approximate surface area is 122 Å². The molecule has 0 saturated carbocycles. The summed E-state index contributed by atoms with van der Waals surface area (Å²) in [6.07, 6.45) is 3.17. The third-order valence-electron chi connectivity index (χ3n) is 2.83. The zero-order valence-electron chi connectivity index (χ0n) is 13.2. The summed E-state index contributed by atoms with van der Waals surface area (Å²) in [5.41, 5.74) is 1.71. The van der Waals surface area contributed by atoms with Gasteiger partial charge in [-0.25, -0.2) is 13.1 Å². The van der Waals surface area contributed by atoms with Gasteiger partial charge in [-0.3, -0.25) is 4.68 Å². The van der Waals surface area contributed by atoms with E-state index in [0.717, 1.165) is 11.3 Å². The van der Waals surface area contributed by atoms with Crippen LogP contribution in [0.1, 0.15) is 44.9 Å². The maximum Gasteiger partial charge on any atom is 0.209 e. The predicted octanol–water partition coefficient (Wildman–Crippen LogP) is 0.961. The highest BCUT2D eigenvalue weighted by atomic mass is 32.2. The highest BCUT2D eigenvalue weighted by molar-refractivity contribution is 7.88. The Morgan fingerprint density at radius 1 is 1.40 bits per heavy atom. The van der Waals surface area contributed by atoms with E-state index < -0.39 is 15.6 Å². The van der Waals surface area contributed by atoms with Gasteiger partial charge in [-0.15, -0.1) is 0 Å². The molecular weight excluding hydrogens is 276 g/mol. The van der Waals surface area contributed by atoms with Crippen molar-refractivity contribution < 1.29 is 8.42 Å². The van der Waals surface area contributed by atoms with Crippen molar-refractivity contribution in [3.05, 3.63) is 17.5 Å². The molecule has 1 rings (SSSR count). The topological polar surface area (TPSA) is 76.0 Å². The van der Waals surface area contributed by atoms with Gasteiger partial charge in [-0.05, 0) is 19.8 Å². The van der Waals surface area contributed by atoms with Crippen molar-refractivity contribution in [2.75, 3.05) is 12.8 Å². The van der Waals surface area contributed by atoms with Gasteiger partial charge in [0.2, 0.25) is 10.0 Å². The Morgan fingerprint density at radius 2 is 2.00 bits per heavy atom. The van der Waals surface area contributed by atoms with E-state index >= 15 is 0 Å². The van der Waals surface area contributed by atoms with Crippen molar-refractivity contribution in [2.45, 2.75) is 45.7 Å². The summed E-state index contributed by atoms with van der Waals surface area (Å²) in [6.45, 7) is 9.16. The van der Waals surface area contributed by atoms with Crippen molar-refractivity contribution >= 4 is 10.0 Å². The van der Waals surface area contributed by atoms with E-state index in [4.69, 9.17) is 0 Å². The molecule has 0 fully saturated rings. The van der Waals surface area contributed by atoms with E-state index in [0.29, 0.717) is 19.0 Å². The van der Waals surface area contributed by atoms with Gasteiger partial charge < -0.3 is 5.32 Å². The Kier molecular flexibility index (Phi) is 5.34. The average Bonchev–Trinajstić information content (AvgIpc) is 2.55. The van der Waals surface area contributed by atoms with Crippen LogP contribution in [0.25, 0.3) is 0 Å². The third kappa shape index (κ3) is 5.60. The van der Waals surface area contributed by atoms with E-state index in [2.05, 4.69) is 29.0 Å². The van der Waals surface area contributed by atoms with E-state index in [1.54, 1.807) is 0 Å². The number of aromatic nitrogens is 2. The maximum atomic E-state index is 11.3. The first-order valence-corrected chi connectivity index (χ1v) is 8.61. The number of nitrogens with zero attached hydrogens (tertiary/aromatic N) is 2. The van der Waals surface area contributed by atoms with Crippen molar-refractivity contribution in [1.29, 1.82) is 0 Å². The molecule has 0 unspecified atom stereocenters. The summed E-state index contributed by atoms with van der Waals surface area (Å²) in [6, 6.07) is 0. The molecule has 0 aliphatic carbocycles. The number of hydrogen-bond acceptors (Lipinski definition) is 4. The molecule has 116 valence electrons. The molecule has 0 bridgehead atoms. The molecular formula is C13H26N4O2S. The van der Waals surface area contributed by atoms with Crippen molar-refractivity contribution in [1.82, 2.24) is 19.8 Å². The van der Waals surface area contributed by atoms with E-state index in [-0.39, 0.29) is 0 Å². The van der Waals surface area contributed by atoms with Gasteiger partial charge in [-0.1, -0.05) is 13.8 Å². The van der Waals surface area contributed by atoms with Crippen LogP contribution in [-0.2, 0) is 23.6 Å². The zero-order chi connectivity index (χ0) is 15.6. The van der Waals surface area contributed by atoms with Crippen molar-refractivity contribution in [3.8, 4) is 0 Å². The summed E-state index contributed by atoms with van der Waals surface area (Å²) < 4.78 is 27.0. The third-order valence-corrected chi connectivity index (χ3v) is 3.75. The second-order valence-corrected chi connectivity index (χ2v) is 7.98. The molecule has 7 heteroatoms. The first-order valence-electron chi connectivity index (χ1n) is 6.72. The molecule has 1 heterocycles. The van der Waals surface area contributed by atoms with Crippen LogP contribution in [0, 0.1) is 0 Å². The SMILES string of the molecule is CC(C)c1nn(C)cc1CNCC(C)(C)NS(C)(=O)=O. The molecule has 0 radical (unpaired) electrons. The van der Waals surface area contributed by atoms with Crippen LogP contribution in [0.2, 0.25) is 0 Å². The van der Waals surface area contributed by atoms with Gasteiger partial charge in [0.05, 0.1) is 11.9 Å². The fourth-order valence-electron chi connectivity index (χ4n) is 2.22. The van der Waals surface area contributed by atoms with Crippen LogP contribution in [0.5, 0.6) is 0 Å². The zero-order valence-corrected chi connectivity index (χ0v) is 14.0. The van der Waals surface area contributed by atoms with Gasteiger partial charge in [0.15, 0.2) is 0 Å². The van der Waals surface area contributed by atoms with Gasteiger partial charge in [0, 0.05) is 37.4 Å². The smallest absolute Gasteiger partial charge is 0.209 e. The van der Waals surface area contributed by atoms with Crippen LogP contribution in [-0.4, -0.2) is 36.5 Å². The summed E-state index contributed by atoms with van der Waals surface area (Å²) in [5, 5.41) is 7.74. The Hall–Kier alpha value is -0.920. The fourth-order valence-corrected chi connectivity index (χ4v) is 3.30. The molecule has 0 aliphatic heterocycles. The number of aryl methyl sites for hydroxylation is 1. The standard InChI is InChI=1S/C13H26N4O2S/c1-10(2)12-11(8-17(5)15-12)7-14-9-13(3,4)16-20(6,18)19/h8,10,14,16H,7,9H2,1-6H3. The lowest BCUT2D eigenvalue weighted by Crippen LogP contribution is -2.49. The monoisotopic (exact) mass is 302 g/mol. The molecule has 0 atom stereocenters. The number of nitrogens with one attached hydrogen (secondary N) is 2. The lowest BCUT2D eigenvalue weighted by molar-refractivity contribution is 0.420. The largest absolute Gasteiger partial charge is 0.311 e. The van der Waals surface area contributed by atoms with Crippen LogP contribution in [0.15, 0.2) is 6.20 Å². The first-order chi connectivity index (χ1) is 9.00. The molecule has 1 aromatic rings. The second kappa shape index (κ2) is 6.24. The minimum Gasteiger partial charge on any atom is -0.311 e. The molecule has 20 heavy (non-hydrogen) atoms. The van der Waals surface area contributed by atoms with Crippen LogP contribution < -0.4 is 10.0 Å². The van der Waals surface area contributed by atoms with Crippen molar-refractivity contribution in [3.63, 3.8) is 0 Å². The van der Waals surface area contributed by atoms with Crippen LogP contribution >= 0.6 is 0 Å². The quantitative estimate of drug-likeness (QED) is 0.786. The number of hydrogen-bond donors (Lipinski definition) is 2. The normalized spacial score (nSPS) is 13.2. The molecule has 6 nitrogen and oxygen atoms in total. The molecule has 0 amide bonds. The van der Waals surface area contributed by atoms with Crippen LogP contribution in [0.3, 0.4) is 0 Å². The maximum absolute atomic E-state index is 11.3. The number of rotatable bonds is 7. The summed E-state index contributed by atoms with van der Waals surface area (Å²) in [7, 11) is -1.29. The van der Waals surface area contributed by atoms with E-state index in [1.807, 2.05) is 31.8 Å². The summed E-state index contributed by atoms with van der Waals surface area (Å²) >= 11 is 0. The highest BCUT2D eigenvalue weighted by Gasteiger charge is 2.22. The Morgan fingerprint density at radius 3 is 2.50 bits per heavy atom. The average molecular weight is 302 g/mol. The molecule has 0 spiro atoms. The molecule has 1 aromatic heterocycles. The van der Waals surface area contributed by atoms with Gasteiger partial charge in [0.25, 0.3) is 0 Å². The lowest BCUT2D eigenvalue weighted by atomic mass is 10.1. The van der Waals surface area contributed by atoms with Crippen molar-refractivity contribution in [2.24, 2.45) is 7.05 Å². The minimum absolute atomic E-state index is 0.371. The first kappa shape index (κ1) is 17.1. The fraction of sp³-hybridized carbons (Fsp3) is 0.769. The molecule has 0 aliphatic rings.